The molecule has 0 fully saturated rings. The third-order valence-electron chi connectivity index (χ3n) is 1.80. The van der Waals surface area contributed by atoms with Crippen LogP contribution in [0.15, 0.2) is 29.8 Å². The average molecular weight is 237 g/mol. The van der Waals surface area contributed by atoms with Gasteiger partial charge in [-0.25, -0.2) is 0 Å². The molecule has 13 heavy (non-hydrogen) atoms. The molecule has 1 aromatic carbocycles. The van der Waals surface area contributed by atoms with Crippen molar-refractivity contribution in [1.29, 1.82) is 0 Å². The second-order valence-corrected chi connectivity index (χ2v) is 3.34. The van der Waals surface area contributed by atoms with Crippen LogP contribution in [0.3, 0.4) is 0 Å². The maximum atomic E-state index is 10.7. The van der Waals surface area contributed by atoms with Crippen molar-refractivity contribution in [3.8, 4) is 0 Å². The molecule has 2 heteroatoms. The Balaban J connectivity index is 3.53. The Hall–Kier alpha value is -1.15. The summed E-state index contributed by atoms with van der Waals surface area (Å²) < 4.78 is 0.919. The molecule has 0 saturated heterocycles. The van der Waals surface area contributed by atoms with Gasteiger partial charge in [0.25, 0.3) is 0 Å². The van der Waals surface area contributed by atoms with Gasteiger partial charge in [-0.1, -0.05) is 41.2 Å². The molecule has 0 radical (unpaired) electrons. The molecular weight excluding hydrogens is 228 g/mol. The summed E-state index contributed by atoms with van der Waals surface area (Å²) >= 11 is 3.38. The number of carbonyl (C=O) groups is 1. The standard InChI is InChI=1S/C11H9BrO/c1-3-9-8(7-13)5-6-11(12)10(9)4-2/h3-7H,1-2H2. The van der Waals surface area contributed by atoms with Crippen LogP contribution in [0.4, 0.5) is 0 Å². The molecule has 0 amide bonds. The lowest BCUT2D eigenvalue weighted by Gasteiger charge is -2.05. The number of rotatable bonds is 3. The van der Waals surface area contributed by atoms with Crippen LogP contribution in [0.2, 0.25) is 0 Å². The second kappa shape index (κ2) is 4.19. The molecule has 1 nitrogen and oxygen atoms in total. The highest BCUT2D eigenvalue weighted by molar-refractivity contribution is 9.10. The highest BCUT2D eigenvalue weighted by Gasteiger charge is 2.05. The van der Waals surface area contributed by atoms with E-state index in [0.717, 1.165) is 21.9 Å². The van der Waals surface area contributed by atoms with Crippen molar-refractivity contribution < 1.29 is 4.79 Å². The van der Waals surface area contributed by atoms with E-state index in [1.165, 1.54) is 0 Å². The van der Waals surface area contributed by atoms with Gasteiger partial charge >= 0.3 is 0 Å². The molecule has 0 heterocycles. The topological polar surface area (TPSA) is 17.1 Å². The van der Waals surface area contributed by atoms with Gasteiger partial charge < -0.3 is 0 Å². The Labute approximate surface area is 85.9 Å². The molecule has 0 spiro atoms. The van der Waals surface area contributed by atoms with E-state index in [1.54, 1.807) is 18.2 Å². The largest absolute Gasteiger partial charge is 0.298 e. The van der Waals surface area contributed by atoms with E-state index in [0.29, 0.717) is 5.56 Å². The van der Waals surface area contributed by atoms with Crippen molar-refractivity contribution in [1.82, 2.24) is 0 Å². The van der Waals surface area contributed by atoms with Crippen molar-refractivity contribution in [2.24, 2.45) is 0 Å². The minimum atomic E-state index is 0.633. The van der Waals surface area contributed by atoms with E-state index in [4.69, 9.17) is 0 Å². The fraction of sp³-hybridized carbons (Fsp3) is 0. The average Bonchev–Trinajstić information content (AvgIpc) is 2.17. The van der Waals surface area contributed by atoms with Gasteiger partial charge in [-0.2, -0.15) is 0 Å². The van der Waals surface area contributed by atoms with E-state index in [-0.39, 0.29) is 0 Å². The van der Waals surface area contributed by atoms with E-state index in [1.807, 2.05) is 6.07 Å². The highest BCUT2D eigenvalue weighted by Crippen LogP contribution is 2.25. The molecule has 1 rings (SSSR count). The molecule has 0 unspecified atom stereocenters. The lowest BCUT2D eigenvalue weighted by atomic mass is 10.0. The smallest absolute Gasteiger partial charge is 0.150 e. The molecule has 66 valence electrons. The Morgan fingerprint density at radius 1 is 1.15 bits per heavy atom. The summed E-state index contributed by atoms with van der Waals surface area (Å²) in [6.45, 7) is 7.34. The minimum Gasteiger partial charge on any atom is -0.298 e. The van der Waals surface area contributed by atoms with Crippen LogP contribution >= 0.6 is 15.9 Å². The summed E-state index contributed by atoms with van der Waals surface area (Å²) in [7, 11) is 0. The predicted molar refractivity (Wildman–Crippen MR) is 59.7 cm³/mol. The van der Waals surface area contributed by atoms with Gasteiger partial charge in [-0.05, 0) is 23.3 Å². The van der Waals surface area contributed by atoms with Crippen LogP contribution in [0.1, 0.15) is 21.5 Å². The lowest BCUT2D eigenvalue weighted by molar-refractivity contribution is 0.112. The van der Waals surface area contributed by atoms with Gasteiger partial charge in [-0.3, -0.25) is 4.79 Å². The van der Waals surface area contributed by atoms with E-state index in [2.05, 4.69) is 29.1 Å². The van der Waals surface area contributed by atoms with Crippen LogP contribution in [0, 0.1) is 0 Å². The van der Waals surface area contributed by atoms with Gasteiger partial charge in [-0.15, -0.1) is 0 Å². The van der Waals surface area contributed by atoms with Crippen LogP contribution in [-0.4, -0.2) is 6.29 Å². The summed E-state index contributed by atoms with van der Waals surface area (Å²) in [6, 6.07) is 3.58. The van der Waals surface area contributed by atoms with Crippen molar-refractivity contribution in [2.45, 2.75) is 0 Å². The monoisotopic (exact) mass is 236 g/mol. The molecule has 0 aliphatic heterocycles. The van der Waals surface area contributed by atoms with Crippen molar-refractivity contribution in [3.05, 3.63) is 46.5 Å². The molecule has 0 saturated carbocycles. The van der Waals surface area contributed by atoms with E-state index < -0.39 is 0 Å². The first-order valence-electron chi connectivity index (χ1n) is 3.77. The number of hydrogen-bond acceptors (Lipinski definition) is 1. The summed E-state index contributed by atoms with van der Waals surface area (Å²) in [6.07, 6.45) is 4.18. The minimum absolute atomic E-state index is 0.633. The summed E-state index contributed by atoms with van der Waals surface area (Å²) in [4.78, 5) is 10.7. The molecule has 0 aromatic heterocycles. The molecule has 0 aliphatic carbocycles. The van der Waals surface area contributed by atoms with Crippen LogP contribution < -0.4 is 0 Å². The van der Waals surface area contributed by atoms with Gasteiger partial charge in [0.2, 0.25) is 0 Å². The molecular formula is C11H9BrO. The molecule has 0 atom stereocenters. The first-order valence-corrected chi connectivity index (χ1v) is 4.56. The molecule has 1 aromatic rings. The number of benzene rings is 1. The molecule has 0 N–H and O–H groups in total. The fourth-order valence-corrected chi connectivity index (χ4v) is 1.67. The normalized spacial score (nSPS) is 9.31. The van der Waals surface area contributed by atoms with E-state index in [9.17, 15) is 4.79 Å². The van der Waals surface area contributed by atoms with Crippen molar-refractivity contribution >= 4 is 34.4 Å². The Kier molecular flexibility index (Phi) is 3.20. The van der Waals surface area contributed by atoms with Crippen LogP contribution in [-0.2, 0) is 0 Å². The zero-order valence-corrected chi connectivity index (χ0v) is 8.67. The highest BCUT2D eigenvalue weighted by atomic mass is 79.9. The molecule has 0 bridgehead atoms. The number of halogens is 1. The fourth-order valence-electron chi connectivity index (χ4n) is 1.16. The first kappa shape index (κ1) is 9.93. The predicted octanol–water partition coefficient (Wildman–Crippen LogP) is 3.55. The Bertz CT molecular complexity index is 367. The number of carbonyl (C=O) groups excluding carboxylic acids is 1. The summed E-state index contributed by atoms with van der Waals surface area (Å²) in [5, 5.41) is 0. The summed E-state index contributed by atoms with van der Waals surface area (Å²) in [5.41, 5.74) is 2.35. The van der Waals surface area contributed by atoms with Crippen molar-refractivity contribution in [2.75, 3.05) is 0 Å². The van der Waals surface area contributed by atoms with Gasteiger partial charge in [0, 0.05) is 10.0 Å². The van der Waals surface area contributed by atoms with Gasteiger partial charge in [0.15, 0.2) is 6.29 Å². The van der Waals surface area contributed by atoms with E-state index >= 15 is 0 Å². The van der Waals surface area contributed by atoms with Crippen molar-refractivity contribution in [3.63, 3.8) is 0 Å². The lowest BCUT2D eigenvalue weighted by Crippen LogP contribution is -1.90. The van der Waals surface area contributed by atoms with Gasteiger partial charge in [0.1, 0.15) is 0 Å². The Morgan fingerprint density at radius 3 is 2.23 bits per heavy atom. The molecule has 0 aliphatic rings. The maximum absolute atomic E-state index is 10.7. The summed E-state index contributed by atoms with van der Waals surface area (Å²) in [5.74, 6) is 0. The SMILES string of the molecule is C=Cc1c(Br)ccc(C=O)c1C=C. The third-order valence-corrected chi connectivity index (χ3v) is 2.49. The zero-order chi connectivity index (χ0) is 9.84. The second-order valence-electron chi connectivity index (χ2n) is 2.49. The van der Waals surface area contributed by atoms with Gasteiger partial charge in [0.05, 0.1) is 0 Å². The zero-order valence-electron chi connectivity index (χ0n) is 7.09. The maximum Gasteiger partial charge on any atom is 0.150 e. The van der Waals surface area contributed by atoms with Crippen LogP contribution in [0.5, 0.6) is 0 Å². The first-order chi connectivity index (χ1) is 6.24. The number of hydrogen-bond donors (Lipinski definition) is 0. The van der Waals surface area contributed by atoms with Crippen LogP contribution in [0.25, 0.3) is 12.2 Å². The number of aldehydes is 1. The quantitative estimate of drug-likeness (QED) is 0.734. The third kappa shape index (κ3) is 1.78. The Morgan fingerprint density at radius 2 is 1.77 bits per heavy atom.